The van der Waals surface area contributed by atoms with E-state index in [1.54, 1.807) is 26.0 Å². The summed E-state index contributed by atoms with van der Waals surface area (Å²) in [5, 5.41) is 22.0. The van der Waals surface area contributed by atoms with Gasteiger partial charge in [0.2, 0.25) is 0 Å². The standard InChI is InChI=1S/C13H16F3NO2.C13H14F3NO2.BH4.K.Na/c2*1-8(2)10(12(18)19)17-11(13(14,15)16)9-6-4-3-5-7-9;;;/h3-8,10-11,17H,1-2H3,(H,18,19);3-8,10H,1-2H3,(H,18,19);1H4;;/q;;-1;2*+1/p-1/t10-,11+;10-;;;/m00.../s1. The molecule has 2 rings (SSSR count). The third-order valence-electron chi connectivity index (χ3n) is 5.20. The van der Waals surface area contributed by atoms with Crippen LogP contribution in [0, 0.1) is 11.8 Å². The van der Waals surface area contributed by atoms with E-state index in [4.69, 9.17) is 5.11 Å². The number of hydrogen-bond acceptors (Lipinski definition) is 5. The second-order valence-corrected chi connectivity index (χ2v) is 8.96. The van der Waals surface area contributed by atoms with Crippen LogP contribution in [0.4, 0.5) is 26.3 Å². The number of hydrogen-bond donors (Lipinski definition) is 2. The molecule has 2 aromatic carbocycles. The van der Waals surface area contributed by atoms with E-state index in [9.17, 15) is 41.0 Å². The normalized spacial score (nSPS) is 13.8. The molecule has 2 N–H and O–H groups in total. The Bertz CT molecular complexity index is 1080. The number of aliphatic imine (C=N–C) groups is 1. The van der Waals surface area contributed by atoms with E-state index in [-0.39, 0.29) is 100 Å². The molecule has 0 amide bonds. The maximum atomic E-state index is 13.0. The van der Waals surface area contributed by atoms with Crippen LogP contribution in [0.5, 0.6) is 0 Å². The number of carboxylic acid groups (broad SMARTS) is 2. The SMILES string of the molecule is CC(C)[C@H](N=C(c1ccccc1)C(F)(F)F)C(=O)[O-].CC(C)[C@H](N[C@H](c1ccccc1)C(F)(F)F)C(=O)O.[BH4-].[K+].[Na+]. The molecule has 0 aliphatic rings. The van der Waals surface area contributed by atoms with E-state index < -0.39 is 60.0 Å². The van der Waals surface area contributed by atoms with Crippen molar-refractivity contribution in [2.75, 3.05) is 0 Å². The minimum Gasteiger partial charge on any atom is -0.548 e. The molecule has 0 saturated carbocycles. The van der Waals surface area contributed by atoms with Crippen LogP contribution in [0.3, 0.4) is 0 Å². The van der Waals surface area contributed by atoms with E-state index in [0.717, 1.165) is 0 Å². The molecule has 0 bridgehead atoms. The number of aliphatic carboxylic acids is 2. The minimum atomic E-state index is -4.72. The molecule has 3 atom stereocenters. The molecule has 0 fully saturated rings. The molecule has 0 aromatic heterocycles. The number of carboxylic acids is 2. The number of benzene rings is 2. The average molecular weight is 624 g/mol. The first-order valence-electron chi connectivity index (χ1n) is 11.5. The molecule has 41 heavy (non-hydrogen) atoms. The Balaban J connectivity index is -0.000000656. The van der Waals surface area contributed by atoms with Crippen molar-refractivity contribution in [3.8, 4) is 0 Å². The minimum absolute atomic E-state index is 0. The second kappa shape index (κ2) is 20.3. The van der Waals surface area contributed by atoms with E-state index in [1.807, 2.05) is 0 Å². The molecule has 0 unspecified atom stereocenters. The molecule has 0 aliphatic carbocycles. The second-order valence-electron chi connectivity index (χ2n) is 8.96. The van der Waals surface area contributed by atoms with Gasteiger partial charge in [-0.15, -0.1) is 0 Å². The molecule has 6 nitrogen and oxygen atoms in total. The first-order chi connectivity index (χ1) is 17.5. The zero-order chi connectivity index (χ0) is 29.3. The summed E-state index contributed by atoms with van der Waals surface area (Å²) in [6.45, 7) is 6.07. The van der Waals surface area contributed by atoms with E-state index in [0.29, 0.717) is 0 Å². The van der Waals surface area contributed by atoms with Gasteiger partial charge in [0, 0.05) is 5.56 Å². The summed E-state index contributed by atoms with van der Waals surface area (Å²) < 4.78 is 78.0. The van der Waals surface area contributed by atoms with Gasteiger partial charge in [0.05, 0.1) is 12.0 Å². The van der Waals surface area contributed by atoms with E-state index in [2.05, 4.69) is 10.3 Å². The molecule has 0 heterocycles. The van der Waals surface area contributed by atoms with Crippen molar-refractivity contribution in [2.24, 2.45) is 16.8 Å². The fourth-order valence-corrected chi connectivity index (χ4v) is 3.27. The van der Waals surface area contributed by atoms with Crippen molar-refractivity contribution in [2.45, 2.75) is 58.2 Å². The first-order valence-corrected chi connectivity index (χ1v) is 11.5. The van der Waals surface area contributed by atoms with Crippen molar-refractivity contribution in [1.29, 1.82) is 0 Å². The van der Waals surface area contributed by atoms with Crippen LogP contribution < -0.4 is 91.4 Å². The van der Waals surface area contributed by atoms with Gasteiger partial charge in [-0.2, -0.15) is 26.3 Å². The molecular formula is C26H33BF6KN2NaO4. The topological polar surface area (TPSA) is 102 Å². The van der Waals surface area contributed by atoms with Gasteiger partial charge in [0.15, 0.2) is 0 Å². The maximum absolute atomic E-state index is 13.0. The predicted molar refractivity (Wildman–Crippen MR) is 139 cm³/mol. The summed E-state index contributed by atoms with van der Waals surface area (Å²) in [4.78, 5) is 25.2. The summed E-state index contributed by atoms with van der Waals surface area (Å²) in [6.07, 6.45) is -9.27. The van der Waals surface area contributed by atoms with Gasteiger partial charge >= 0.3 is 99.3 Å². The summed E-state index contributed by atoms with van der Waals surface area (Å²) in [6, 6.07) is 9.35. The fourth-order valence-electron chi connectivity index (χ4n) is 3.27. The molecule has 218 valence electrons. The summed E-state index contributed by atoms with van der Waals surface area (Å²) in [5.41, 5.74) is -1.36. The van der Waals surface area contributed by atoms with Crippen LogP contribution >= 0.6 is 0 Å². The van der Waals surface area contributed by atoms with Crippen LogP contribution in [0.15, 0.2) is 65.7 Å². The zero-order valence-electron chi connectivity index (χ0n) is 23.0. The fraction of sp³-hybridized carbons (Fsp3) is 0.423. The maximum Gasteiger partial charge on any atom is 1.00 e. The number of nitrogens with one attached hydrogen (secondary N) is 1. The van der Waals surface area contributed by atoms with Crippen molar-refractivity contribution < 1.29 is 127 Å². The Labute approximate surface area is 302 Å². The van der Waals surface area contributed by atoms with Gasteiger partial charge in [0.25, 0.3) is 0 Å². The monoisotopic (exact) mass is 624 g/mol. The van der Waals surface area contributed by atoms with Gasteiger partial charge in [-0.05, 0) is 17.4 Å². The van der Waals surface area contributed by atoms with Gasteiger partial charge in [-0.25, -0.2) is 0 Å². The molecule has 2 aromatic rings. The van der Waals surface area contributed by atoms with E-state index in [1.165, 1.54) is 62.4 Å². The summed E-state index contributed by atoms with van der Waals surface area (Å²) >= 11 is 0. The van der Waals surface area contributed by atoms with Crippen LogP contribution in [-0.2, 0) is 9.59 Å². The molecule has 0 radical (unpaired) electrons. The smallest absolute Gasteiger partial charge is 0.548 e. The van der Waals surface area contributed by atoms with Gasteiger partial charge < -0.3 is 15.0 Å². The van der Waals surface area contributed by atoms with Crippen molar-refractivity contribution in [3.63, 3.8) is 0 Å². The number of rotatable bonds is 9. The molecule has 0 aliphatic heterocycles. The van der Waals surface area contributed by atoms with Crippen molar-refractivity contribution in [1.82, 2.24) is 5.32 Å². The quantitative estimate of drug-likeness (QED) is 0.181. The number of nitrogens with zero attached hydrogens (tertiary/aromatic N) is 1. The Kier molecular flexibility index (Phi) is 22.1. The average Bonchev–Trinajstić information content (AvgIpc) is 2.78. The van der Waals surface area contributed by atoms with Crippen molar-refractivity contribution in [3.05, 3.63) is 71.8 Å². The summed E-state index contributed by atoms with van der Waals surface area (Å²) in [5.74, 6) is -3.95. The van der Waals surface area contributed by atoms with Crippen LogP contribution in [0.2, 0.25) is 0 Å². The first kappa shape index (κ1) is 44.7. The van der Waals surface area contributed by atoms with E-state index >= 15 is 0 Å². The number of carbonyl (C=O) groups is 2. The Morgan fingerprint density at radius 3 is 1.61 bits per heavy atom. The third-order valence-corrected chi connectivity index (χ3v) is 5.20. The Morgan fingerprint density at radius 2 is 1.29 bits per heavy atom. The molecule has 0 spiro atoms. The summed E-state index contributed by atoms with van der Waals surface area (Å²) in [7, 11) is 0. The third kappa shape index (κ3) is 15.5. The van der Waals surface area contributed by atoms with Gasteiger partial charge in [0.1, 0.15) is 17.8 Å². The zero-order valence-corrected chi connectivity index (χ0v) is 28.2. The molecular weight excluding hydrogens is 591 g/mol. The number of alkyl halides is 6. The van der Waals surface area contributed by atoms with Crippen LogP contribution in [-0.4, -0.2) is 55.6 Å². The van der Waals surface area contributed by atoms with Crippen LogP contribution in [0.1, 0.15) is 44.9 Å². The Morgan fingerprint density at radius 1 is 0.854 bits per heavy atom. The van der Waals surface area contributed by atoms with Crippen molar-refractivity contribution >= 4 is 26.1 Å². The number of halogens is 6. The number of carbonyl (C=O) groups excluding carboxylic acids is 1. The van der Waals surface area contributed by atoms with Crippen LogP contribution in [0.25, 0.3) is 0 Å². The molecule has 15 heteroatoms. The predicted octanol–water partition coefficient (Wildman–Crippen LogP) is -2.64. The van der Waals surface area contributed by atoms with Gasteiger partial charge in [-0.3, -0.25) is 15.1 Å². The Hall–Kier alpha value is -0.709. The molecule has 0 saturated heterocycles. The van der Waals surface area contributed by atoms with Gasteiger partial charge in [-0.1, -0.05) is 96.8 Å². The largest absolute Gasteiger partial charge is 1.00 e.